The van der Waals surface area contributed by atoms with Crippen LogP contribution >= 0.6 is 27.5 Å². The van der Waals surface area contributed by atoms with Crippen molar-refractivity contribution in [3.8, 4) is 0 Å². The van der Waals surface area contributed by atoms with Crippen LogP contribution in [-0.4, -0.2) is 22.1 Å². The number of ketones is 1. The van der Waals surface area contributed by atoms with Crippen molar-refractivity contribution in [2.24, 2.45) is 0 Å². The number of carbonyl (C=O) groups excluding carboxylic acids is 2. The SMILES string of the molecule is CC(=O)C(Br)c1ccc(C)cc1.CCc1ccc(C)cc1.Cc1ccc(C(=O)Cl)cc1.Cc1ccc(C(=O)O)cc1. The highest BCUT2D eigenvalue weighted by atomic mass is 79.9. The Hall–Kier alpha value is -3.54. The third-order valence-electron chi connectivity index (χ3n) is 5.83. The number of hydrogen-bond donors (Lipinski definition) is 1. The van der Waals surface area contributed by atoms with Gasteiger partial charge in [0.25, 0.3) is 5.24 Å². The van der Waals surface area contributed by atoms with Crippen molar-refractivity contribution >= 4 is 44.5 Å². The van der Waals surface area contributed by atoms with Crippen LogP contribution in [0.2, 0.25) is 0 Å². The van der Waals surface area contributed by atoms with E-state index in [0.717, 1.165) is 23.1 Å². The van der Waals surface area contributed by atoms with Crippen molar-refractivity contribution in [1.29, 1.82) is 0 Å². The molecule has 216 valence electrons. The van der Waals surface area contributed by atoms with Crippen molar-refractivity contribution in [1.82, 2.24) is 0 Å². The normalized spacial score (nSPS) is 10.3. The minimum Gasteiger partial charge on any atom is -0.478 e. The van der Waals surface area contributed by atoms with Gasteiger partial charge in [-0.2, -0.15) is 0 Å². The molecule has 0 amide bonds. The van der Waals surface area contributed by atoms with Crippen LogP contribution in [0.3, 0.4) is 0 Å². The Bertz CT molecular complexity index is 1310. The van der Waals surface area contributed by atoms with Gasteiger partial charge in [0.05, 0.1) is 10.4 Å². The molecule has 0 heterocycles. The quantitative estimate of drug-likeness (QED) is 0.175. The molecule has 0 aliphatic carbocycles. The van der Waals surface area contributed by atoms with Crippen molar-refractivity contribution in [3.63, 3.8) is 0 Å². The molecule has 0 fully saturated rings. The van der Waals surface area contributed by atoms with E-state index in [1.165, 1.54) is 16.7 Å². The molecule has 4 aromatic rings. The largest absolute Gasteiger partial charge is 0.478 e. The number of halogens is 2. The molecule has 0 aliphatic rings. The third-order valence-corrected chi connectivity index (χ3v) is 7.22. The molecule has 41 heavy (non-hydrogen) atoms. The second-order valence-electron chi connectivity index (χ2n) is 9.53. The lowest BCUT2D eigenvalue weighted by atomic mass is 10.1. The Labute approximate surface area is 257 Å². The van der Waals surface area contributed by atoms with Crippen LogP contribution in [-0.2, 0) is 11.2 Å². The fourth-order valence-electron chi connectivity index (χ4n) is 3.17. The molecule has 1 atom stereocenters. The zero-order valence-corrected chi connectivity index (χ0v) is 26.8. The Balaban J connectivity index is 0.000000275. The zero-order chi connectivity index (χ0) is 30.9. The lowest BCUT2D eigenvalue weighted by Crippen LogP contribution is -2.00. The first kappa shape index (κ1) is 35.5. The maximum absolute atomic E-state index is 11.0. The van der Waals surface area contributed by atoms with Crippen LogP contribution in [0, 0.1) is 27.7 Å². The summed E-state index contributed by atoms with van der Waals surface area (Å²) >= 11 is 8.54. The average Bonchev–Trinajstić information content (AvgIpc) is 2.95. The first-order chi connectivity index (χ1) is 19.3. The van der Waals surface area contributed by atoms with Crippen LogP contribution < -0.4 is 0 Å². The molecule has 0 aliphatic heterocycles. The van der Waals surface area contributed by atoms with Gasteiger partial charge in [-0.3, -0.25) is 9.59 Å². The van der Waals surface area contributed by atoms with E-state index >= 15 is 0 Å². The highest BCUT2D eigenvalue weighted by molar-refractivity contribution is 9.09. The molecule has 4 nitrogen and oxygen atoms in total. The molecule has 0 aromatic heterocycles. The molecule has 0 saturated heterocycles. The van der Waals surface area contributed by atoms with Crippen LogP contribution in [0.4, 0.5) is 0 Å². The van der Waals surface area contributed by atoms with Crippen molar-refractivity contribution in [2.45, 2.75) is 52.8 Å². The monoisotopic (exact) mass is 636 g/mol. The molecule has 4 rings (SSSR count). The topological polar surface area (TPSA) is 71.4 Å². The molecule has 1 N–H and O–H groups in total. The van der Waals surface area contributed by atoms with Gasteiger partial charge in [0.1, 0.15) is 5.78 Å². The average molecular weight is 638 g/mol. The molecule has 0 bridgehead atoms. The fourth-order valence-corrected chi connectivity index (χ4v) is 3.61. The standard InChI is InChI=1S/C10H11BrO.C9H12.C8H7ClO.C8H8O2/c1-7-3-5-9(6-4-7)10(11)8(2)12;1-3-9-6-4-8(2)5-7-9;2*1-6-2-4-7(5-3-6)8(9)10/h3-6,10H,1-2H3;4-7H,3H2,1-2H3;2-5H,1H3;2-5H,1H3,(H,9,10). The minimum atomic E-state index is -0.875. The van der Waals surface area contributed by atoms with E-state index in [1.54, 1.807) is 43.3 Å². The van der Waals surface area contributed by atoms with Crippen LogP contribution in [0.1, 0.15) is 72.8 Å². The fraction of sp³-hybridized carbons (Fsp3) is 0.229. The van der Waals surface area contributed by atoms with E-state index in [9.17, 15) is 14.4 Å². The maximum atomic E-state index is 11.0. The van der Waals surface area contributed by atoms with Gasteiger partial charge >= 0.3 is 5.97 Å². The van der Waals surface area contributed by atoms with Crippen LogP contribution in [0.5, 0.6) is 0 Å². The number of Topliss-reactive ketones (excluding diaryl/α,β-unsaturated/α-hetero) is 1. The number of carboxylic acid groups (broad SMARTS) is 1. The van der Waals surface area contributed by atoms with Gasteiger partial charge in [0, 0.05) is 5.56 Å². The van der Waals surface area contributed by atoms with Gasteiger partial charge in [-0.25, -0.2) is 4.79 Å². The summed E-state index contributed by atoms with van der Waals surface area (Å²) in [5.41, 5.74) is 8.08. The number of carbonyl (C=O) groups is 3. The van der Waals surface area contributed by atoms with Crippen molar-refractivity contribution in [2.75, 3.05) is 0 Å². The van der Waals surface area contributed by atoms with Crippen LogP contribution in [0.15, 0.2) is 97.1 Å². The summed E-state index contributed by atoms with van der Waals surface area (Å²) in [7, 11) is 0. The number of alkyl halides is 1. The van der Waals surface area contributed by atoms with E-state index in [0.29, 0.717) is 11.1 Å². The number of rotatable bonds is 5. The number of aryl methyl sites for hydroxylation is 5. The second-order valence-corrected chi connectivity index (χ2v) is 10.8. The lowest BCUT2D eigenvalue weighted by Gasteiger charge is -2.05. The summed E-state index contributed by atoms with van der Waals surface area (Å²) in [6, 6.07) is 30.5. The van der Waals surface area contributed by atoms with E-state index in [-0.39, 0.29) is 10.6 Å². The van der Waals surface area contributed by atoms with E-state index in [4.69, 9.17) is 16.7 Å². The summed E-state index contributed by atoms with van der Waals surface area (Å²) in [6.45, 7) is 11.8. The Morgan fingerprint density at radius 2 is 1.00 bits per heavy atom. The van der Waals surface area contributed by atoms with Gasteiger partial charge in [-0.1, -0.05) is 118 Å². The predicted octanol–water partition coefficient (Wildman–Crippen LogP) is 9.64. The Morgan fingerprint density at radius 3 is 1.32 bits per heavy atom. The third kappa shape index (κ3) is 14.6. The van der Waals surface area contributed by atoms with E-state index in [2.05, 4.69) is 54.0 Å². The lowest BCUT2D eigenvalue weighted by molar-refractivity contribution is -0.116. The highest BCUT2D eigenvalue weighted by Crippen LogP contribution is 2.23. The molecular formula is C35H38BrClO4. The zero-order valence-electron chi connectivity index (χ0n) is 24.4. The molecule has 1 unspecified atom stereocenters. The first-order valence-electron chi connectivity index (χ1n) is 13.2. The molecule has 0 spiro atoms. The van der Waals surface area contributed by atoms with Crippen molar-refractivity contribution < 1.29 is 19.5 Å². The number of hydrogen-bond acceptors (Lipinski definition) is 3. The number of benzene rings is 4. The summed E-state index contributed by atoms with van der Waals surface area (Å²) in [5, 5.41) is 8.07. The van der Waals surface area contributed by atoms with Crippen molar-refractivity contribution in [3.05, 3.63) is 142 Å². The molecular weight excluding hydrogens is 600 g/mol. The summed E-state index contributed by atoms with van der Waals surface area (Å²) in [6.07, 6.45) is 1.14. The first-order valence-corrected chi connectivity index (χ1v) is 14.5. The Kier molecular flexibility index (Phi) is 16.2. The molecule has 0 radical (unpaired) electrons. The predicted molar refractivity (Wildman–Crippen MR) is 174 cm³/mol. The van der Waals surface area contributed by atoms with Gasteiger partial charge in [-0.15, -0.1) is 0 Å². The van der Waals surface area contributed by atoms with Gasteiger partial charge in [-0.05, 0) is 88.0 Å². The van der Waals surface area contributed by atoms with Gasteiger partial charge in [0.2, 0.25) is 0 Å². The van der Waals surface area contributed by atoms with Gasteiger partial charge < -0.3 is 5.11 Å². The smallest absolute Gasteiger partial charge is 0.335 e. The summed E-state index contributed by atoms with van der Waals surface area (Å²) < 4.78 is 0. The van der Waals surface area contributed by atoms with Gasteiger partial charge in [0.15, 0.2) is 0 Å². The molecule has 0 saturated carbocycles. The number of carboxylic acids is 1. The molecule has 4 aromatic carbocycles. The van der Waals surface area contributed by atoms with E-state index < -0.39 is 11.2 Å². The van der Waals surface area contributed by atoms with E-state index in [1.807, 2.05) is 57.2 Å². The molecule has 6 heteroatoms. The maximum Gasteiger partial charge on any atom is 0.335 e. The number of aromatic carboxylic acids is 1. The minimum absolute atomic E-state index is 0.138. The summed E-state index contributed by atoms with van der Waals surface area (Å²) in [4.78, 5) is 31.7. The second kappa shape index (κ2) is 18.7. The highest BCUT2D eigenvalue weighted by Gasteiger charge is 2.11. The Morgan fingerprint density at radius 1 is 0.659 bits per heavy atom. The summed E-state index contributed by atoms with van der Waals surface area (Å²) in [5.74, 6) is -0.737. The van der Waals surface area contributed by atoms with Crippen LogP contribution in [0.25, 0.3) is 0 Å².